The molecule has 0 aromatic heterocycles. The van der Waals surface area contributed by atoms with Gasteiger partial charge in [0.2, 0.25) is 17.7 Å². The number of aliphatic carboxylic acids is 1. The molecule has 0 aliphatic carbocycles. The van der Waals surface area contributed by atoms with Gasteiger partial charge in [0.15, 0.2) is 0 Å². The molecule has 11 nitrogen and oxygen atoms in total. The fourth-order valence-corrected chi connectivity index (χ4v) is 2.96. The minimum atomic E-state index is -1.43. The van der Waals surface area contributed by atoms with Crippen LogP contribution in [0.1, 0.15) is 40.0 Å². The highest BCUT2D eigenvalue weighted by Gasteiger charge is 2.34. The first-order valence-electron chi connectivity index (χ1n) is 9.78. The van der Waals surface area contributed by atoms with Crippen LogP contribution in [0, 0.1) is 5.92 Å². The predicted molar refractivity (Wildman–Crippen MR) is 103 cm³/mol. The molecular weight excluding hydrogens is 384 g/mol. The van der Waals surface area contributed by atoms with Crippen LogP contribution in [0.5, 0.6) is 0 Å². The molecule has 1 aliphatic rings. The van der Waals surface area contributed by atoms with Gasteiger partial charge in [0.25, 0.3) is 0 Å². The van der Waals surface area contributed by atoms with E-state index in [1.54, 1.807) is 13.8 Å². The van der Waals surface area contributed by atoms with Gasteiger partial charge >= 0.3 is 5.97 Å². The van der Waals surface area contributed by atoms with Gasteiger partial charge in [-0.2, -0.15) is 0 Å². The number of aliphatic hydroxyl groups excluding tert-OH is 2. The minimum absolute atomic E-state index is 0.366. The summed E-state index contributed by atoms with van der Waals surface area (Å²) in [6.07, 6.45) is 0.666. The lowest BCUT2D eigenvalue weighted by Gasteiger charge is -2.26. The maximum atomic E-state index is 12.5. The van der Waals surface area contributed by atoms with Crippen molar-refractivity contribution in [3.63, 3.8) is 0 Å². The van der Waals surface area contributed by atoms with E-state index in [-0.39, 0.29) is 5.92 Å². The van der Waals surface area contributed by atoms with Crippen LogP contribution in [0.4, 0.5) is 0 Å². The molecule has 1 saturated heterocycles. The van der Waals surface area contributed by atoms with Gasteiger partial charge in [-0.25, -0.2) is 4.79 Å². The lowest BCUT2D eigenvalue weighted by atomic mass is 9.99. The molecule has 1 fully saturated rings. The van der Waals surface area contributed by atoms with Crippen LogP contribution in [0.2, 0.25) is 0 Å². The van der Waals surface area contributed by atoms with Crippen molar-refractivity contribution in [1.29, 1.82) is 0 Å². The second-order valence-corrected chi connectivity index (χ2v) is 7.33. The molecule has 1 aliphatic heterocycles. The number of carboxylic acids is 1. The van der Waals surface area contributed by atoms with E-state index in [4.69, 9.17) is 0 Å². The number of carbonyl (C=O) groups excluding carboxylic acids is 3. The average molecular weight is 416 g/mol. The molecule has 29 heavy (non-hydrogen) atoms. The van der Waals surface area contributed by atoms with Crippen molar-refractivity contribution in [1.82, 2.24) is 21.3 Å². The van der Waals surface area contributed by atoms with E-state index in [0.717, 1.165) is 6.42 Å². The van der Waals surface area contributed by atoms with Crippen molar-refractivity contribution in [2.45, 2.75) is 70.3 Å². The molecule has 3 amide bonds. The Labute approximate surface area is 169 Å². The lowest BCUT2D eigenvalue weighted by molar-refractivity contribution is -0.144. The van der Waals surface area contributed by atoms with Gasteiger partial charge in [-0.1, -0.05) is 20.3 Å². The van der Waals surface area contributed by atoms with Crippen molar-refractivity contribution in [2.24, 2.45) is 5.92 Å². The predicted octanol–water partition coefficient (Wildman–Crippen LogP) is -2.30. The first-order valence-corrected chi connectivity index (χ1v) is 9.78. The number of hydrogen-bond acceptors (Lipinski definition) is 7. The van der Waals surface area contributed by atoms with Crippen molar-refractivity contribution >= 4 is 23.7 Å². The highest BCUT2D eigenvalue weighted by Crippen LogP contribution is 2.09. The summed E-state index contributed by atoms with van der Waals surface area (Å²) in [5.41, 5.74) is 0. The minimum Gasteiger partial charge on any atom is -0.480 e. The number of rotatable bonds is 11. The number of hydrogen-bond donors (Lipinski definition) is 7. The number of amides is 3. The number of aliphatic hydroxyl groups is 2. The Bertz CT molecular complexity index is 593. The Balaban J connectivity index is 2.77. The molecule has 166 valence electrons. The van der Waals surface area contributed by atoms with Crippen LogP contribution in [-0.4, -0.2) is 82.4 Å². The summed E-state index contributed by atoms with van der Waals surface area (Å²) in [5, 5.41) is 38.6. The van der Waals surface area contributed by atoms with E-state index in [0.29, 0.717) is 19.4 Å². The van der Waals surface area contributed by atoms with Crippen molar-refractivity contribution in [3.8, 4) is 0 Å². The molecule has 11 heteroatoms. The van der Waals surface area contributed by atoms with Crippen molar-refractivity contribution in [2.75, 3.05) is 13.2 Å². The van der Waals surface area contributed by atoms with Crippen LogP contribution in [0.3, 0.4) is 0 Å². The molecule has 0 spiro atoms. The van der Waals surface area contributed by atoms with Gasteiger partial charge < -0.3 is 36.6 Å². The van der Waals surface area contributed by atoms with Crippen molar-refractivity contribution in [3.05, 3.63) is 0 Å². The van der Waals surface area contributed by atoms with Gasteiger partial charge in [0, 0.05) is 0 Å². The van der Waals surface area contributed by atoms with Gasteiger partial charge in [-0.15, -0.1) is 0 Å². The molecule has 0 aromatic rings. The largest absolute Gasteiger partial charge is 0.480 e. The number of carboxylic acid groups (broad SMARTS) is 1. The van der Waals surface area contributed by atoms with E-state index in [2.05, 4.69) is 21.3 Å². The Hall–Kier alpha value is -2.24. The van der Waals surface area contributed by atoms with E-state index < -0.39 is 60.6 Å². The summed E-state index contributed by atoms with van der Waals surface area (Å²) in [5.74, 6) is -3.78. The molecule has 6 unspecified atom stereocenters. The van der Waals surface area contributed by atoms with Gasteiger partial charge in [-0.3, -0.25) is 14.4 Å². The topological polar surface area (TPSA) is 177 Å². The fraction of sp³-hybridized carbons (Fsp3) is 0.778. The first kappa shape index (κ1) is 24.8. The standard InChI is InChI=1S/C18H32N4O7/c1-4-9(2)13(18(28)29)21-16(26)12(8-23)20-17(27)14(10(3)24)22-15(25)11-6-5-7-19-11/h9-14,19,23-24H,4-8H2,1-3H3,(H,20,27)(H,21,26)(H,22,25)(H,28,29). The smallest absolute Gasteiger partial charge is 0.326 e. The maximum Gasteiger partial charge on any atom is 0.326 e. The normalized spacial score (nSPS) is 21.3. The second kappa shape index (κ2) is 11.7. The third-order valence-electron chi connectivity index (χ3n) is 5.03. The van der Waals surface area contributed by atoms with Crippen LogP contribution < -0.4 is 21.3 Å². The highest BCUT2D eigenvalue weighted by atomic mass is 16.4. The van der Waals surface area contributed by atoms with Crippen LogP contribution >= 0.6 is 0 Å². The third-order valence-corrected chi connectivity index (χ3v) is 5.03. The highest BCUT2D eigenvalue weighted by molar-refractivity contribution is 5.94. The zero-order valence-corrected chi connectivity index (χ0v) is 17.0. The Morgan fingerprint density at radius 1 is 1.07 bits per heavy atom. The molecule has 0 aromatic carbocycles. The summed E-state index contributed by atoms with van der Waals surface area (Å²) in [4.78, 5) is 48.5. The first-order chi connectivity index (χ1) is 13.6. The van der Waals surface area contributed by atoms with E-state index >= 15 is 0 Å². The van der Waals surface area contributed by atoms with E-state index in [1.165, 1.54) is 6.92 Å². The molecule has 6 atom stereocenters. The van der Waals surface area contributed by atoms with E-state index in [1.807, 2.05) is 0 Å². The van der Waals surface area contributed by atoms with E-state index in [9.17, 15) is 34.5 Å². The van der Waals surface area contributed by atoms with Gasteiger partial charge in [0.05, 0.1) is 18.8 Å². The molecule has 1 rings (SSSR count). The maximum absolute atomic E-state index is 12.5. The van der Waals surface area contributed by atoms with Crippen LogP contribution in [0.25, 0.3) is 0 Å². The fourth-order valence-electron chi connectivity index (χ4n) is 2.96. The molecular formula is C18H32N4O7. The number of nitrogens with one attached hydrogen (secondary N) is 4. The third kappa shape index (κ3) is 7.26. The Kier molecular flexibility index (Phi) is 9.99. The molecule has 1 heterocycles. The average Bonchev–Trinajstić information content (AvgIpc) is 3.21. The zero-order valence-electron chi connectivity index (χ0n) is 17.0. The molecule has 0 radical (unpaired) electrons. The molecule has 7 N–H and O–H groups in total. The van der Waals surface area contributed by atoms with Crippen molar-refractivity contribution < 1.29 is 34.5 Å². The summed E-state index contributed by atoms with van der Waals surface area (Å²) in [6.45, 7) is 4.63. The quantitative estimate of drug-likeness (QED) is 0.196. The SMILES string of the molecule is CCC(C)C(NC(=O)C(CO)NC(=O)C(NC(=O)C1CCCN1)C(C)O)C(=O)O. The summed E-state index contributed by atoms with van der Waals surface area (Å²) in [6, 6.07) is -4.42. The number of carbonyl (C=O) groups is 4. The Morgan fingerprint density at radius 2 is 1.72 bits per heavy atom. The molecule has 0 saturated carbocycles. The second-order valence-electron chi connectivity index (χ2n) is 7.33. The monoisotopic (exact) mass is 416 g/mol. The van der Waals surface area contributed by atoms with Crippen LogP contribution in [-0.2, 0) is 19.2 Å². The summed E-state index contributed by atoms with van der Waals surface area (Å²) >= 11 is 0. The van der Waals surface area contributed by atoms with Gasteiger partial charge in [-0.05, 0) is 32.2 Å². The van der Waals surface area contributed by atoms with Crippen LogP contribution in [0.15, 0.2) is 0 Å². The lowest BCUT2D eigenvalue weighted by Crippen LogP contribution is -2.60. The zero-order chi connectivity index (χ0) is 22.1. The summed E-state index contributed by atoms with van der Waals surface area (Å²) in [7, 11) is 0. The van der Waals surface area contributed by atoms with Gasteiger partial charge in [0.1, 0.15) is 18.1 Å². The summed E-state index contributed by atoms with van der Waals surface area (Å²) < 4.78 is 0. The Morgan fingerprint density at radius 3 is 2.17 bits per heavy atom. The molecule has 0 bridgehead atoms.